The van der Waals surface area contributed by atoms with Crippen LogP contribution in [0.1, 0.15) is 5.56 Å². The maximum Gasteiger partial charge on any atom is 0.0780 e. The van der Waals surface area contributed by atoms with Crippen LogP contribution >= 0.6 is 15.9 Å². The molecule has 1 aromatic carbocycles. The fourth-order valence-corrected chi connectivity index (χ4v) is 1.29. The predicted molar refractivity (Wildman–Crippen MR) is 54.7 cm³/mol. The molecule has 4 heteroatoms. The Hall–Kier alpha value is -0.580. The van der Waals surface area contributed by atoms with Crippen LogP contribution in [0.25, 0.3) is 0 Å². The Morgan fingerprint density at radius 3 is 2.92 bits per heavy atom. The largest absolute Gasteiger partial charge is 0.371 e. The van der Waals surface area contributed by atoms with Crippen LogP contribution in [0, 0.1) is 6.92 Å². The zero-order valence-corrected chi connectivity index (χ0v) is 8.48. The summed E-state index contributed by atoms with van der Waals surface area (Å²) >= 11 is 3.40. The van der Waals surface area contributed by atoms with E-state index in [1.54, 1.807) is 0 Å². The number of hydrogen-bond acceptors (Lipinski definition) is 3. The Balaban J connectivity index is 2.75. The molecule has 0 spiro atoms. The van der Waals surface area contributed by atoms with Crippen molar-refractivity contribution in [1.82, 2.24) is 5.43 Å². The predicted octanol–water partition coefficient (Wildman–Crippen LogP) is 1.59. The molecular weight excluding hydrogens is 218 g/mol. The van der Waals surface area contributed by atoms with E-state index < -0.39 is 0 Å². The van der Waals surface area contributed by atoms with Crippen molar-refractivity contribution in [3.63, 3.8) is 0 Å². The SMILES string of the molecule is Cc1ccc(Br)cc1NCNN. The van der Waals surface area contributed by atoms with Crippen LogP contribution in [0.3, 0.4) is 0 Å². The second-order valence-electron chi connectivity index (χ2n) is 2.52. The normalized spacial score (nSPS) is 9.92. The molecule has 0 aliphatic carbocycles. The minimum Gasteiger partial charge on any atom is -0.371 e. The lowest BCUT2D eigenvalue weighted by atomic mass is 10.2. The molecular formula is C8H12BrN3. The number of benzene rings is 1. The molecule has 0 radical (unpaired) electrons. The maximum atomic E-state index is 5.14. The van der Waals surface area contributed by atoms with E-state index in [2.05, 4.69) is 26.7 Å². The van der Waals surface area contributed by atoms with E-state index in [0.29, 0.717) is 6.67 Å². The molecule has 0 aliphatic heterocycles. The Labute approximate surface area is 80.4 Å². The molecule has 0 saturated heterocycles. The van der Waals surface area contributed by atoms with Crippen molar-refractivity contribution >= 4 is 21.6 Å². The number of aryl methyl sites for hydroxylation is 1. The first-order chi connectivity index (χ1) is 5.74. The van der Waals surface area contributed by atoms with Crippen molar-refractivity contribution in [2.45, 2.75) is 6.92 Å². The quantitative estimate of drug-likeness (QED) is 0.420. The highest BCUT2D eigenvalue weighted by molar-refractivity contribution is 9.10. The molecule has 0 heterocycles. The van der Waals surface area contributed by atoms with Crippen molar-refractivity contribution in [3.05, 3.63) is 28.2 Å². The number of hydrazine groups is 1. The van der Waals surface area contributed by atoms with Gasteiger partial charge in [0.25, 0.3) is 0 Å². The van der Waals surface area contributed by atoms with Gasteiger partial charge in [-0.1, -0.05) is 22.0 Å². The number of rotatable bonds is 3. The van der Waals surface area contributed by atoms with E-state index in [1.807, 2.05) is 25.1 Å². The van der Waals surface area contributed by atoms with Gasteiger partial charge in [0.1, 0.15) is 0 Å². The van der Waals surface area contributed by atoms with Gasteiger partial charge in [0.15, 0.2) is 0 Å². The van der Waals surface area contributed by atoms with Gasteiger partial charge in [0, 0.05) is 10.2 Å². The van der Waals surface area contributed by atoms with Crippen LogP contribution in [0.2, 0.25) is 0 Å². The van der Waals surface area contributed by atoms with E-state index in [9.17, 15) is 0 Å². The average Bonchev–Trinajstić information content (AvgIpc) is 2.07. The van der Waals surface area contributed by atoms with Gasteiger partial charge >= 0.3 is 0 Å². The molecule has 0 saturated carbocycles. The second kappa shape index (κ2) is 4.45. The van der Waals surface area contributed by atoms with Crippen LogP contribution < -0.4 is 16.6 Å². The number of nitrogens with two attached hydrogens (primary N) is 1. The van der Waals surface area contributed by atoms with Crippen LogP contribution in [-0.2, 0) is 0 Å². The molecule has 3 nitrogen and oxygen atoms in total. The molecule has 0 unspecified atom stereocenters. The fourth-order valence-electron chi connectivity index (χ4n) is 0.931. The standard InChI is InChI=1S/C8H12BrN3/c1-6-2-3-7(9)4-8(6)11-5-12-10/h2-4,11-12H,5,10H2,1H3. The van der Waals surface area contributed by atoms with Crippen molar-refractivity contribution in [2.75, 3.05) is 12.0 Å². The van der Waals surface area contributed by atoms with Gasteiger partial charge in [-0.3, -0.25) is 5.84 Å². The summed E-state index contributed by atoms with van der Waals surface area (Å²) in [6.07, 6.45) is 0. The third-order valence-corrected chi connectivity index (χ3v) is 2.07. The first kappa shape index (κ1) is 9.51. The summed E-state index contributed by atoms with van der Waals surface area (Å²) in [4.78, 5) is 0. The zero-order chi connectivity index (χ0) is 8.97. The van der Waals surface area contributed by atoms with E-state index in [-0.39, 0.29) is 0 Å². The lowest BCUT2D eigenvalue weighted by molar-refractivity contribution is 0.789. The van der Waals surface area contributed by atoms with Crippen LogP contribution in [0.5, 0.6) is 0 Å². The van der Waals surface area contributed by atoms with E-state index >= 15 is 0 Å². The summed E-state index contributed by atoms with van der Waals surface area (Å²) in [5.74, 6) is 5.14. The van der Waals surface area contributed by atoms with Gasteiger partial charge in [-0.05, 0) is 24.6 Å². The highest BCUT2D eigenvalue weighted by atomic mass is 79.9. The van der Waals surface area contributed by atoms with E-state index in [4.69, 9.17) is 5.84 Å². The molecule has 12 heavy (non-hydrogen) atoms. The van der Waals surface area contributed by atoms with E-state index in [1.165, 1.54) is 5.56 Å². The number of anilines is 1. The maximum absolute atomic E-state index is 5.14. The summed E-state index contributed by atoms with van der Waals surface area (Å²) in [7, 11) is 0. The fraction of sp³-hybridized carbons (Fsp3) is 0.250. The zero-order valence-electron chi connectivity index (χ0n) is 6.89. The van der Waals surface area contributed by atoms with E-state index in [0.717, 1.165) is 10.2 Å². The molecule has 1 aromatic rings. The summed E-state index contributed by atoms with van der Waals surface area (Å²) in [5.41, 5.74) is 4.82. The Bertz CT molecular complexity index is 262. The lowest BCUT2D eigenvalue weighted by Crippen LogP contribution is -2.28. The van der Waals surface area contributed by atoms with Gasteiger partial charge in [-0.2, -0.15) is 0 Å². The highest BCUT2D eigenvalue weighted by Crippen LogP contribution is 2.19. The van der Waals surface area contributed by atoms with Crippen molar-refractivity contribution < 1.29 is 0 Å². The summed E-state index contributed by atoms with van der Waals surface area (Å²) < 4.78 is 1.06. The molecule has 4 N–H and O–H groups in total. The monoisotopic (exact) mass is 229 g/mol. The van der Waals surface area contributed by atoms with Gasteiger partial charge < -0.3 is 5.32 Å². The lowest BCUT2D eigenvalue weighted by Gasteiger charge is -2.08. The van der Waals surface area contributed by atoms with Crippen LogP contribution in [-0.4, -0.2) is 6.67 Å². The third kappa shape index (κ3) is 2.48. The van der Waals surface area contributed by atoms with Gasteiger partial charge in [-0.25, -0.2) is 5.43 Å². The summed E-state index contributed by atoms with van der Waals surface area (Å²) in [6, 6.07) is 6.08. The first-order valence-electron chi connectivity index (χ1n) is 3.67. The van der Waals surface area contributed by atoms with Crippen molar-refractivity contribution in [1.29, 1.82) is 0 Å². The minimum atomic E-state index is 0.567. The summed E-state index contributed by atoms with van der Waals surface area (Å²) in [6.45, 7) is 2.61. The van der Waals surface area contributed by atoms with Crippen molar-refractivity contribution in [2.24, 2.45) is 5.84 Å². The van der Waals surface area contributed by atoms with Crippen LogP contribution in [0.4, 0.5) is 5.69 Å². The van der Waals surface area contributed by atoms with Gasteiger partial charge in [-0.15, -0.1) is 0 Å². The second-order valence-corrected chi connectivity index (χ2v) is 3.43. The molecule has 0 aliphatic rings. The topological polar surface area (TPSA) is 50.1 Å². The minimum absolute atomic E-state index is 0.567. The number of hydrogen-bond donors (Lipinski definition) is 3. The molecule has 0 amide bonds. The Kier molecular flexibility index (Phi) is 3.52. The smallest absolute Gasteiger partial charge is 0.0780 e. The molecule has 0 fully saturated rings. The molecule has 0 aromatic heterocycles. The molecule has 1 rings (SSSR count). The first-order valence-corrected chi connectivity index (χ1v) is 4.47. The van der Waals surface area contributed by atoms with Crippen LogP contribution in [0.15, 0.2) is 22.7 Å². The van der Waals surface area contributed by atoms with Crippen molar-refractivity contribution in [3.8, 4) is 0 Å². The molecule has 66 valence electrons. The van der Waals surface area contributed by atoms with Gasteiger partial charge in [0.05, 0.1) is 6.67 Å². The average molecular weight is 230 g/mol. The molecule has 0 bridgehead atoms. The summed E-state index contributed by atoms with van der Waals surface area (Å²) in [5, 5.41) is 3.14. The third-order valence-electron chi connectivity index (χ3n) is 1.58. The van der Waals surface area contributed by atoms with Gasteiger partial charge in [0.2, 0.25) is 0 Å². The Morgan fingerprint density at radius 2 is 2.25 bits per heavy atom. The Morgan fingerprint density at radius 1 is 1.50 bits per heavy atom. The highest BCUT2D eigenvalue weighted by Gasteiger charge is 1.96. The number of halogens is 1. The number of nitrogens with one attached hydrogen (secondary N) is 2. The molecule has 0 atom stereocenters.